The quantitative estimate of drug-likeness (QED) is 0.840. The number of amides is 1. The van der Waals surface area contributed by atoms with Crippen molar-refractivity contribution < 1.29 is 4.79 Å². The van der Waals surface area contributed by atoms with Crippen LogP contribution in [0.15, 0.2) is 36.7 Å². The van der Waals surface area contributed by atoms with Crippen LogP contribution in [0.25, 0.3) is 11.7 Å². The first-order valence-corrected chi connectivity index (χ1v) is 7.07. The van der Waals surface area contributed by atoms with E-state index in [4.69, 9.17) is 0 Å². The van der Waals surface area contributed by atoms with E-state index >= 15 is 0 Å². The SMILES string of the molecule is CN1CCN(NC(=O)/C=C/c2cnc3ccccn23)CC1. The predicted molar refractivity (Wildman–Crippen MR) is 81.4 cm³/mol. The Hall–Kier alpha value is -2.18. The fraction of sp³-hybridized carbons (Fsp3) is 0.333. The molecule has 1 fully saturated rings. The highest BCUT2D eigenvalue weighted by Crippen LogP contribution is 2.07. The fourth-order valence-electron chi connectivity index (χ4n) is 2.35. The number of piperazine rings is 1. The second-order valence-corrected chi connectivity index (χ2v) is 5.21. The number of hydrogen-bond acceptors (Lipinski definition) is 4. The lowest BCUT2D eigenvalue weighted by Gasteiger charge is -2.31. The van der Waals surface area contributed by atoms with Gasteiger partial charge in [0.05, 0.1) is 11.9 Å². The summed E-state index contributed by atoms with van der Waals surface area (Å²) in [6, 6.07) is 5.81. The topological polar surface area (TPSA) is 52.9 Å². The summed E-state index contributed by atoms with van der Waals surface area (Å²) in [5, 5.41) is 1.96. The second-order valence-electron chi connectivity index (χ2n) is 5.21. The van der Waals surface area contributed by atoms with E-state index in [0.29, 0.717) is 0 Å². The Morgan fingerprint density at radius 2 is 2.10 bits per heavy atom. The van der Waals surface area contributed by atoms with Crippen molar-refractivity contribution in [3.05, 3.63) is 42.4 Å². The van der Waals surface area contributed by atoms with Gasteiger partial charge in [-0.3, -0.25) is 10.2 Å². The second kappa shape index (κ2) is 6.07. The fourth-order valence-corrected chi connectivity index (χ4v) is 2.35. The molecule has 2 aromatic rings. The number of likely N-dealkylation sites (N-methyl/N-ethyl adjacent to an activating group) is 1. The molecule has 3 rings (SSSR count). The Morgan fingerprint density at radius 3 is 2.90 bits per heavy atom. The van der Waals surface area contributed by atoms with Gasteiger partial charge in [0.2, 0.25) is 0 Å². The first-order valence-electron chi connectivity index (χ1n) is 7.07. The van der Waals surface area contributed by atoms with E-state index in [1.54, 1.807) is 18.3 Å². The highest BCUT2D eigenvalue weighted by Gasteiger charge is 2.14. The molecule has 0 aromatic carbocycles. The molecule has 0 bridgehead atoms. The monoisotopic (exact) mass is 285 g/mol. The van der Waals surface area contributed by atoms with Gasteiger partial charge in [-0.25, -0.2) is 9.99 Å². The number of hydrogen-bond donors (Lipinski definition) is 1. The van der Waals surface area contributed by atoms with Gasteiger partial charge in [-0.2, -0.15) is 0 Å². The van der Waals surface area contributed by atoms with E-state index in [9.17, 15) is 4.79 Å². The van der Waals surface area contributed by atoms with Crippen molar-refractivity contribution in [2.45, 2.75) is 0 Å². The molecule has 0 spiro atoms. The third-order valence-corrected chi connectivity index (χ3v) is 3.62. The summed E-state index contributed by atoms with van der Waals surface area (Å²) in [6.45, 7) is 3.64. The molecule has 6 nitrogen and oxygen atoms in total. The molecule has 1 aliphatic rings. The van der Waals surface area contributed by atoms with Crippen LogP contribution in [0.3, 0.4) is 0 Å². The van der Waals surface area contributed by atoms with Crippen molar-refractivity contribution in [3.63, 3.8) is 0 Å². The average molecular weight is 285 g/mol. The molecule has 1 saturated heterocycles. The van der Waals surface area contributed by atoms with E-state index in [1.807, 2.05) is 33.8 Å². The standard InChI is InChI=1S/C15H19N5O/c1-18-8-10-19(11-9-18)17-15(21)6-5-13-12-16-14-4-2-3-7-20(13)14/h2-7,12H,8-11H2,1H3,(H,17,21)/b6-5+. The summed E-state index contributed by atoms with van der Waals surface area (Å²) in [7, 11) is 2.09. The Kier molecular flexibility index (Phi) is 3.98. The zero-order valence-corrected chi connectivity index (χ0v) is 12.1. The van der Waals surface area contributed by atoms with Crippen molar-refractivity contribution >= 4 is 17.6 Å². The molecule has 1 amide bonds. The zero-order chi connectivity index (χ0) is 14.7. The number of pyridine rings is 1. The predicted octanol–water partition coefficient (Wildman–Crippen LogP) is 0.626. The highest BCUT2D eigenvalue weighted by atomic mass is 16.2. The number of imidazole rings is 1. The summed E-state index contributed by atoms with van der Waals surface area (Å²) >= 11 is 0. The van der Waals surface area contributed by atoms with Crippen LogP contribution in [-0.4, -0.2) is 58.4 Å². The van der Waals surface area contributed by atoms with Gasteiger partial charge in [-0.1, -0.05) is 6.07 Å². The van der Waals surface area contributed by atoms with Crippen LogP contribution in [0, 0.1) is 0 Å². The number of hydrazine groups is 1. The van der Waals surface area contributed by atoms with Crippen molar-refractivity contribution in [2.75, 3.05) is 33.2 Å². The van der Waals surface area contributed by atoms with E-state index in [0.717, 1.165) is 37.5 Å². The maximum atomic E-state index is 11.9. The number of carbonyl (C=O) groups is 1. The molecule has 0 radical (unpaired) electrons. The van der Waals surface area contributed by atoms with Crippen LogP contribution in [0.2, 0.25) is 0 Å². The van der Waals surface area contributed by atoms with Gasteiger partial charge < -0.3 is 9.30 Å². The van der Waals surface area contributed by atoms with Gasteiger partial charge in [0.15, 0.2) is 0 Å². The van der Waals surface area contributed by atoms with Crippen molar-refractivity contribution in [1.82, 2.24) is 24.7 Å². The van der Waals surface area contributed by atoms with Crippen LogP contribution in [0.1, 0.15) is 5.69 Å². The minimum absolute atomic E-state index is 0.106. The van der Waals surface area contributed by atoms with E-state index in [-0.39, 0.29) is 5.91 Å². The third-order valence-electron chi connectivity index (χ3n) is 3.62. The van der Waals surface area contributed by atoms with Crippen LogP contribution >= 0.6 is 0 Å². The molecule has 0 aliphatic carbocycles. The minimum Gasteiger partial charge on any atom is -0.304 e. The lowest BCUT2D eigenvalue weighted by atomic mass is 10.3. The molecular weight excluding hydrogens is 266 g/mol. The molecular formula is C15H19N5O. The molecule has 1 N–H and O–H groups in total. The molecule has 2 aromatic heterocycles. The van der Waals surface area contributed by atoms with Crippen LogP contribution in [0.4, 0.5) is 0 Å². The van der Waals surface area contributed by atoms with Crippen molar-refractivity contribution in [3.8, 4) is 0 Å². The zero-order valence-electron chi connectivity index (χ0n) is 12.1. The number of carbonyl (C=O) groups excluding carboxylic acids is 1. The highest BCUT2D eigenvalue weighted by molar-refractivity contribution is 5.91. The lowest BCUT2D eigenvalue weighted by Crippen LogP contribution is -2.52. The van der Waals surface area contributed by atoms with Gasteiger partial charge in [-0.05, 0) is 25.3 Å². The van der Waals surface area contributed by atoms with Gasteiger partial charge in [0, 0.05) is 38.5 Å². The summed E-state index contributed by atoms with van der Waals surface area (Å²) in [6.07, 6.45) is 7.02. The van der Waals surface area contributed by atoms with Crippen LogP contribution < -0.4 is 5.43 Å². The van der Waals surface area contributed by atoms with E-state index in [1.165, 1.54) is 0 Å². The molecule has 0 saturated carbocycles. The lowest BCUT2D eigenvalue weighted by molar-refractivity contribution is -0.121. The summed E-state index contributed by atoms with van der Waals surface area (Å²) in [5.41, 5.74) is 4.66. The summed E-state index contributed by atoms with van der Waals surface area (Å²) in [5.74, 6) is -0.106. The Labute approximate surface area is 123 Å². The van der Waals surface area contributed by atoms with E-state index < -0.39 is 0 Å². The van der Waals surface area contributed by atoms with Crippen LogP contribution in [-0.2, 0) is 4.79 Å². The Bertz CT molecular complexity index is 655. The smallest absolute Gasteiger partial charge is 0.258 e. The van der Waals surface area contributed by atoms with Gasteiger partial charge >= 0.3 is 0 Å². The molecule has 6 heteroatoms. The number of aromatic nitrogens is 2. The maximum Gasteiger partial charge on any atom is 0.258 e. The van der Waals surface area contributed by atoms with Gasteiger partial charge in [-0.15, -0.1) is 0 Å². The number of fused-ring (bicyclic) bond motifs is 1. The third kappa shape index (κ3) is 3.29. The van der Waals surface area contributed by atoms with E-state index in [2.05, 4.69) is 22.4 Å². The molecule has 3 heterocycles. The first-order chi connectivity index (χ1) is 10.2. The van der Waals surface area contributed by atoms with Gasteiger partial charge in [0.1, 0.15) is 5.65 Å². The molecule has 0 atom stereocenters. The molecule has 110 valence electrons. The molecule has 1 aliphatic heterocycles. The maximum absolute atomic E-state index is 11.9. The summed E-state index contributed by atoms with van der Waals surface area (Å²) in [4.78, 5) is 18.5. The van der Waals surface area contributed by atoms with Crippen LogP contribution in [0.5, 0.6) is 0 Å². The Morgan fingerprint density at radius 1 is 1.29 bits per heavy atom. The molecule has 0 unspecified atom stereocenters. The summed E-state index contributed by atoms with van der Waals surface area (Å²) < 4.78 is 1.94. The number of rotatable bonds is 3. The number of nitrogens with one attached hydrogen (secondary N) is 1. The Balaban J connectivity index is 1.62. The average Bonchev–Trinajstić information content (AvgIpc) is 2.91. The van der Waals surface area contributed by atoms with Crippen molar-refractivity contribution in [2.24, 2.45) is 0 Å². The first kappa shape index (κ1) is 13.8. The largest absolute Gasteiger partial charge is 0.304 e. The van der Waals surface area contributed by atoms with Crippen molar-refractivity contribution in [1.29, 1.82) is 0 Å². The van der Waals surface area contributed by atoms with Gasteiger partial charge in [0.25, 0.3) is 5.91 Å². The molecule has 21 heavy (non-hydrogen) atoms. The minimum atomic E-state index is -0.106. The normalized spacial score (nSPS) is 17.6. The number of nitrogens with zero attached hydrogens (tertiary/aromatic N) is 4.